The summed E-state index contributed by atoms with van der Waals surface area (Å²) in [4.78, 5) is 22.4. The number of amides is 1. The average Bonchev–Trinajstić information content (AvgIpc) is 2.55. The molecular weight excluding hydrogens is 350 g/mol. The van der Waals surface area contributed by atoms with E-state index in [1.54, 1.807) is 0 Å². The maximum Gasteiger partial charge on any atom is 0.271 e. The van der Waals surface area contributed by atoms with E-state index < -0.39 is 27.4 Å². The normalized spacial score (nSPS) is 11.0. The minimum atomic E-state index is -3.85. The SMILES string of the molecule is CCCCCNC(=O)CN(c1cc([N+](=O)[O-])ccc1OC)S(C)(=O)=O. The topological polar surface area (TPSA) is 119 Å². The molecule has 0 radical (unpaired) electrons. The molecule has 0 heterocycles. The van der Waals surface area contributed by atoms with E-state index >= 15 is 0 Å². The number of nitrogens with zero attached hydrogens (tertiary/aromatic N) is 2. The minimum Gasteiger partial charge on any atom is -0.495 e. The third-order valence-electron chi connectivity index (χ3n) is 3.43. The molecule has 10 heteroatoms. The van der Waals surface area contributed by atoms with E-state index in [2.05, 4.69) is 5.32 Å². The summed E-state index contributed by atoms with van der Waals surface area (Å²) in [5.41, 5.74) is -0.351. The van der Waals surface area contributed by atoms with Gasteiger partial charge in [0, 0.05) is 18.7 Å². The first-order valence-corrected chi connectivity index (χ1v) is 9.62. The second kappa shape index (κ2) is 9.21. The predicted octanol–water partition coefficient (Wildman–Crippen LogP) is 1.68. The molecule has 140 valence electrons. The number of nitro benzene ring substituents is 1. The molecule has 1 rings (SSSR count). The number of carbonyl (C=O) groups excluding carboxylic acids is 1. The minimum absolute atomic E-state index is 0.0529. The molecule has 25 heavy (non-hydrogen) atoms. The molecule has 0 saturated heterocycles. The lowest BCUT2D eigenvalue weighted by atomic mass is 10.2. The number of ether oxygens (including phenoxy) is 1. The van der Waals surface area contributed by atoms with Gasteiger partial charge in [-0.2, -0.15) is 0 Å². The first-order valence-electron chi connectivity index (χ1n) is 7.77. The van der Waals surface area contributed by atoms with Crippen LogP contribution in [0.25, 0.3) is 0 Å². The van der Waals surface area contributed by atoms with Crippen molar-refractivity contribution in [3.05, 3.63) is 28.3 Å². The Morgan fingerprint density at radius 2 is 2.04 bits per heavy atom. The van der Waals surface area contributed by atoms with Crippen LogP contribution in [-0.4, -0.2) is 45.7 Å². The fourth-order valence-corrected chi connectivity index (χ4v) is 3.01. The van der Waals surface area contributed by atoms with Gasteiger partial charge in [0.25, 0.3) is 5.69 Å². The van der Waals surface area contributed by atoms with Crippen LogP contribution < -0.4 is 14.4 Å². The molecule has 0 aromatic heterocycles. The van der Waals surface area contributed by atoms with Gasteiger partial charge in [0.15, 0.2) is 0 Å². The summed E-state index contributed by atoms with van der Waals surface area (Å²) in [6.45, 7) is 1.99. The summed E-state index contributed by atoms with van der Waals surface area (Å²) in [7, 11) is -2.54. The van der Waals surface area contributed by atoms with Crippen molar-refractivity contribution in [1.82, 2.24) is 5.32 Å². The Kier molecular flexibility index (Phi) is 7.62. The highest BCUT2D eigenvalue weighted by Crippen LogP contribution is 2.33. The molecule has 1 amide bonds. The number of sulfonamides is 1. The molecule has 1 aromatic carbocycles. The third kappa shape index (κ3) is 6.22. The molecule has 9 nitrogen and oxygen atoms in total. The second-order valence-electron chi connectivity index (χ2n) is 5.44. The number of rotatable bonds is 10. The Labute approximate surface area is 147 Å². The first kappa shape index (κ1) is 20.7. The predicted molar refractivity (Wildman–Crippen MR) is 94.4 cm³/mol. The van der Waals surface area contributed by atoms with Crippen molar-refractivity contribution in [3.8, 4) is 5.75 Å². The maximum absolute atomic E-state index is 12.1. The summed E-state index contributed by atoms with van der Waals surface area (Å²) in [5, 5.41) is 13.6. The van der Waals surface area contributed by atoms with E-state index in [4.69, 9.17) is 4.74 Å². The van der Waals surface area contributed by atoms with Crippen molar-refractivity contribution < 1.29 is 22.9 Å². The number of nitrogens with one attached hydrogen (secondary N) is 1. The number of non-ortho nitro benzene ring substituents is 1. The van der Waals surface area contributed by atoms with Crippen LogP contribution in [0.5, 0.6) is 5.75 Å². The number of unbranched alkanes of at least 4 members (excludes halogenated alkanes) is 2. The van der Waals surface area contributed by atoms with Crippen LogP contribution in [0, 0.1) is 10.1 Å². The zero-order valence-electron chi connectivity index (χ0n) is 14.5. The quantitative estimate of drug-likeness (QED) is 0.378. The van der Waals surface area contributed by atoms with Crippen LogP contribution in [-0.2, 0) is 14.8 Å². The van der Waals surface area contributed by atoms with Gasteiger partial charge in [-0.25, -0.2) is 8.42 Å². The van der Waals surface area contributed by atoms with Crippen molar-refractivity contribution in [2.24, 2.45) is 0 Å². The van der Waals surface area contributed by atoms with Crippen LogP contribution >= 0.6 is 0 Å². The number of methoxy groups -OCH3 is 1. The molecule has 0 unspecified atom stereocenters. The Morgan fingerprint density at radius 3 is 2.56 bits per heavy atom. The Balaban J connectivity index is 3.09. The van der Waals surface area contributed by atoms with Crippen LogP contribution in [0.3, 0.4) is 0 Å². The van der Waals surface area contributed by atoms with Crippen molar-refractivity contribution in [2.75, 3.05) is 30.8 Å². The van der Waals surface area contributed by atoms with E-state index in [0.717, 1.165) is 35.9 Å². The molecule has 0 saturated carbocycles. The summed E-state index contributed by atoms with van der Waals surface area (Å²) < 4.78 is 30.1. The van der Waals surface area contributed by atoms with Crippen LogP contribution in [0.1, 0.15) is 26.2 Å². The molecule has 1 N–H and O–H groups in total. The van der Waals surface area contributed by atoms with Crippen molar-refractivity contribution >= 4 is 27.3 Å². The summed E-state index contributed by atoms with van der Waals surface area (Å²) in [5.74, 6) is -0.370. The smallest absolute Gasteiger partial charge is 0.271 e. The van der Waals surface area contributed by atoms with E-state index in [1.807, 2.05) is 6.92 Å². The Bertz CT molecular complexity index is 720. The molecule has 0 aliphatic carbocycles. The molecule has 0 atom stereocenters. The summed E-state index contributed by atoms with van der Waals surface area (Å²) in [6.07, 6.45) is 3.67. The molecule has 0 spiro atoms. The number of nitro groups is 1. The highest BCUT2D eigenvalue weighted by molar-refractivity contribution is 7.92. The fourth-order valence-electron chi connectivity index (χ4n) is 2.16. The van der Waals surface area contributed by atoms with Crippen LogP contribution in [0.2, 0.25) is 0 Å². The maximum atomic E-state index is 12.1. The van der Waals surface area contributed by atoms with E-state index in [-0.39, 0.29) is 17.1 Å². The highest BCUT2D eigenvalue weighted by atomic mass is 32.2. The summed E-state index contributed by atoms with van der Waals surface area (Å²) in [6, 6.07) is 3.57. The molecule has 0 fully saturated rings. The Morgan fingerprint density at radius 1 is 1.36 bits per heavy atom. The molecule has 1 aromatic rings. The number of carbonyl (C=O) groups is 1. The Hall–Kier alpha value is -2.36. The van der Waals surface area contributed by atoms with Gasteiger partial charge in [-0.15, -0.1) is 0 Å². The largest absolute Gasteiger partial charge is 0.495 e. The standard InChI is InChI=1S/C15H23N3O6S/c1-4-5-6-9-16-15(19)11-17(25(3,22)23)13-10-12(18(20)21)7-8-14(13)24-2/h7-8,10H,4-6,9,11H2,1-3H3,(H,16,19). The van der Waals surface area contributed by atoms with Crippen LogP contribution in [0.4, 0.5) is 11.4 Å². The van der Waals surface area contributed by atoms with Gasteiger partial charge in [0.1, 0.15) is 18.0 Å². The van der Waals surface area contributed by atoms with Gasteiger partial charge in [0.05, 0.1) is 18.3 Å². The molecule has 0 aliphatic rings. The molecular formula is C15H23N3O6S. The van der Waals surface area contributed by atoms with Crippen molar-refractivity contribution in [2.45, 2.75) is 26.2 Å². The van der Waals surface area contributed by atoms with E-state index in [1.165, 1.54) is 19.2 Å². The highest BCUT2D eigenvalue weighted by Gasteiger charge is 2.26. The second-order valence-corrected chi connectivity index (χ2v) is 7.35. The van der Waals surface area contributed by atoms with E-state index in [9.17, 15) is 23.3 Å². The third-order valence-corrected chi connectivity index (χ3v) is 4.56. The van der Waals surface area contributed by atoms with Gasteiger partial charge in [-0.3, -0.25) is 19.2 Å². The first-order chi connectivity index (χ1) is 11.7. The zero-order valence-corrected chi connectivity index (χ0v) is 15.3. The zero-order chi connectivity index (χ0) is 19.0. The summed E-state index contributed by atoms with van der Waals surface area (Å²) >= 11 is 0. The monoisotopic (exact) mass is 373 g/mol. The van der Waals surface area contributed by atoms with Crippen molar-refractivity contribution in [1.29, 1.82) is 0 Å². The fraction of sp³-hybridized carbons (Fsp3) is 0.533. The van der Waals surface area contributed by atoms with Gasteiger partial charge in [-0.1, -0.05) is 19.8 Å². The van der Waals surface area contributed by atoms with Crippen molar-refractivity contribution in [3.63, 3.8) is 0 Å². The molecule has 0 aliphatic heterocycles. The lowest BCUT2D eigenvalue weighted by molar-refractivity contribution is -0.384. The number of benzene rings is 1. The van der Waals surface area contributed by atoms with Gasteiger partial charge in [-0.05, 0) is 12.5 Å². The van der Waals surface area contributed by atoms with Gasteiger partial charge < -0.3 is 10.1 Å². The lowest BCUT2D eigenvalue weighted by Gasteiger charge is -2.23. The van der Waals surface area contributed by atoms with Gasteiger partial charge in [0.2, 0.25) is 15.9 Å². The molecule has 0 bridgehead atoms. The number of hydrogen-bond acceptors (Lipinski definition) is 6. The lowest BCUT2D eigenvalue weighted by Crippen LogP contribution is -2.40. The number of hydrogen-bond donors (Lipinski definition) is 1. The van der Waals surface area contributed by atoms with Gasteiger partial charge >= 0.3 is 0 Å². The van der Waals surface area contributed by atoms with E-state index in [0.29, 0.717) is 6.54 Å². The van der Waals surface area contributed by atoms with Crippen LogP contribution in [0.15, 0.2) is 18.2 Å². The average molecular weight is 373 g/mol. The number of anilines is 1.